The lowest BCUT2D eigenvalue weighted by Crippen LogP contribution is -2.36. The van der Waals surface area contributed by atoms with Crippen LogP contribution < -0.4 is 4.74 Å². The van der Waals surface area contributed by atoms with Crippen LogP contribution >= 0.6 is 0 Å². The number of benzene rings is 1. The number of hydrogen-bond donors (Lipinski definition) is 0. The Morgan fingerprint density at radius 2 is 2.05 bits per heavy atom. The zero-order valence-corrected chi connectivity index (χ0v) is 11.4. The van der Waals surface area contributed by atoms with E-state index in [-0.39, 0.29) is 18.3 Å². The topological polar surface area (TPSA) is 52.6 Å². The predicted molar refractivity (Wildman–Crippen MR) is 69.9 cm³/mol. The summed E-state index contributed by atoms with van der Waals surface area (Å²) >= 11 is 0. The highest BCUT2D eigenvalue weighted by Crippen LogP contribution is 2.41. The second-order valence-electron chi connectivity index (χ2n) is 5.46. The number of ketones is 1. The Morgan fingerprint density at radius 3 is 2.74 bits per heavy atom. The molecule has 4 nitrogen and oxygen atoms in total. The summed E-state index contributed by atoms with van der Waals surface area (Å²) in [5.74, 6) is 0.0639. The Kier molecular flexibility index (Phi) is 3.60. The number of Topliss-reactive ketones (excluding diaryl/α,β-unsaturated/α-hetero) is 1. The summed E-state index contributed by atoms with van der Waals surface area (Å²) in [5.41, 5.74) is 0.467. The number of esters is 1. The van der Waals surface area contributed by atoms with Crippen LogP contribution in [0.2, 0.25) is 0 Å². The Labute approximate surface area is 112 Å². The molecule has 0 aromatic heterocycles. The quantitative estimate of drug-likeness (QED) is 0.621. The molecule has 1 heterocycles. The first-order chi connectivity index (χ1) is 8.87. The van der Waals surface area contributed by atoms with Gasteiger partial charge >= 0.3 is 5.97 Å². The Bertz CT molecular complexity index is 505. The summed E-state index contributed by atoms with van der Waals surface area (Å²) in [4.78, 5) is 22.6. The van der Waals surface area contributed by atoms with E-state index in [9.17, 15) is 9.59 Å². The largest absolute Gasteiger partial charge is 0.487 e. The molecule has 1 aliphatic rings. The van der Waals surface area contributed by atoms with Gasteiger partial charge in [0.2, 0.25) is 0 Å². The monoisotopic (exact) mass is 262 g/mol. The van der Waals surface area contributed by atoms with Crippen molar-refractivity contribution >= 4 is 11.8 Å². The molecule has 1 aliphatic heterocycles. The number of rotatable bonds is 3. The summed E-state index contributed by atoms with van der Waals surface area (Å²) in [6.07, 6.45) is 0.0416. The third kappa shape index (κ3) is 3.34. The van der Waals surface area contributed by atoms with Crippen molar-refractivity contribution in [2.45, 2.75) is 45.3 Å². The lowest BCUT2D eigenvalue weighted by molar-refractivity contribution is -0.154. The van der Waals surface area contributed by atoms with Gasteiger partial charge in [-0.05, 0) is 26.8 Å². The standard InChI is InChI=1S/C15H18O4/c1-10(16)8-14(17)18-13-9-15(2,3)19-12-7-5-4-6-11(12)13/h4-7,13H,8-9H2,1-3H3. The van der Waals surface area contributed by atoms with Crippen molar-refractivity contribution < 1.29 is 19.1 Å². The van der Waals surface area contributed by atoms with E-state index < -0.39 is 11.6 Å². The van der Waals surface area contributed by atoms with E-state index in [1.165, 1.54) is 6.92 Å². The van der Waals surface area contributed by atoms with Crippen molar-refractivity contribution in [1.82, 2.24) is 0 Å². The number of carbonyl (C=O) groups excluding carboxylic acids is 2. The normalized spacial score (nSPS) is 20.1. The Hall–Kier alpha value is -1.84. The Morgan fingerprint density at radius 1 is 1.37 bits per heavy atom. The number of fused-ring (bicyclic) bond motifs is 1. The van der Waals surface area contributed by atoms with Gasteiger partial charge in [0.1, 0.15) is 29.7 Å². The number of hydrogen-bond acceptors (Lipinski definition) is 4. The fourth-order valence-corrected chi connectivity index (χ4v) is 2.24. The zero-order valence-electron chi connectivity index (χ0n) is 11.4. The van der Waals surface area contributed by atoms with Crippen molar-refractivity contribution in [1.29, 1.82) is 0 Å². The molecule has 0 radical (unpaired) electrons. The van der Waals surface area contributed by atoms with Gasteiger partial charge in [0.25, 0.3) is 0 Å². The summed E-state index contributed by atoms with van der Waals surface area (Å²) < 4.78 is 11.3. The van der Waals surface area contributed by atoms with E-state index in [1.807, 2.05) is 38.1 Å². The van der Waals surface area contributed by atoms with Gasteiger partial charge in [-0.15, -0.1) is 0 Å². The minimum absolute atomic E-state index is 0.181. The maximum Gasteiger partial charge on any atom is 0.313 e. The van der Waals surface area contributed by atoms with Crippen molar-refractivity contribution in [3.8, 4) is 5.75 Å². The second kappa shape index (κ2) is 5.03. The smallest absolute Gasteiger partial charge is 0.313 e. The first-order valence-corrected chi connectivity index (χ1v) is 6.34. The maximum absolute atomic E-state index is 11.7. The first kappa shape index (κ1) is 13.6. The van der Waals surface area contributed by atoms with Crippen molar-refractivity contribution in [3.05, 3.63) is 29.8 Å². The van der Waals surface area contributed by atoms with Crippen LogP contribution in [0.15, 0.2) is 24.3 Å². The molecule has 1 unspecified atom stereocenters. The molecule has 0 amide bonds. The lowest BCUT2D eigenvalue weighted by Gasteiger charge is -2.37. The van der Waals surface area contributed by atoms with Crippen molar-refractivity contribution in [2.75, 3.05) is 0 Å². The third-order valence-corrected chi connectivity index (χ3v) is 3.00. The van der Waals surface area contributed by atoms with Gasteiger partial charge in [-0.3, -0.25) is 9.59 Å². The van der Waals surface area contributed by atoms with Crippen LogP contribution in [0.3, 0.4) is 0 Å². The van der Waals surface area contributed by atoms with E-state index in [2.05, 4.69) is 0 Å². The van der Waals surface area contributed by atoms with Crippen LogP contribution in [-0.4, -0.2) is 17.4 Å². The van der Waals surface area contributed by atoms with Crippen LogP contribution in [0.5, 0.6) is 5.75 Å². The summed E-state index contributed by atoms with van der Waals surface area (Å²) in [5, 5.41) is 0. The highest BCUT2D eigenvalue weighted by atomic mass is 16.6. The average Bonchev–Trinajstić information content (AvgIpc) is 2.26. The highest BCUT2D eigenvalue weighted by Gasteiger charge is 2.35. The summed E-state index contributed by atoms with van der Waals surface area (Å²) in [6.45, 7) is 5.28. The summed E-state index contributed by atoms with van der Waals surface area (Å²) in [7, 11) is 0. The average molecular weight is 262 g/mol. The van der Waals surface area contributed by atoms with Gasteiger partial charge in [-0.1, -0.05) is 18.2 Å². The van der Waals surface area contributed by atoms with Crippen molar-refractivity contribution in [2.24, 2.45) is 0 Å². The fourth-order valence-electron chi connectivity index (χ4n) is 2.24. The minimum atomic E-state index is -0.481. The van der Waals surface area contributed by atoms with Crippen LogP contribution in [0.1, 0.15) is 45.3 Å². The maximum atomic E-state index is 11.7. The lowest BCUT2D eigenvalue weighted by atomic mass is 9.91. The molecular weight excluding hydrogens is 244 g/mol. The molecule has 0 N–H and O–H groups in total. The van der Waals surface area contributed by atoms with Gasteiger partial charge in [-0.25, -0.2) is 0 Å². The Balaban J connectivity index is 2.20. The highest BCUT2D eigenvalue weighted by molar-refractivity contribution is 5.94. The molecule has 2 rings (SSSR count). The molecule has 19 heavy (non-hydrogen) atoms. The minimum Gasteiger partial charge on any atom is -0.487 e. The van der Waals surface area contributed by atoms with E-state index in [0.29, 0.717) is 6.42 Å². The molecule has 0 bridgehead atoms. The molecule has 0 saturated heterocycles. The van der Waals surface area contributed by atoms with E-state index in [1.54, 1.807) is 0 Å². The number of carbonyl (C=O) groups is 2. The second-order valence-corrected chi connectivity index (χ2v) is 5.46. The summed E-state index contributed by atoms with van der Waals surface area (Å²) in [6, 6.07) is 7.51. The van der Waals surface area contributed by atoms with Gasteiger partial charge in [0.05, 0.1) is 0 Å². The number of ether oxygens (including phenoxy) is 2. The molecule has 0 aliphatic carbocycles. The van der Waals surface area contributed by atoms with E-state index in [4.69, 9.17) is 9.47 Å². The van der Waals surface area contributed by atoms with Crippen LogP contribution in [0, 0.1) is 0 Å². The molecule has 1 aromatic carbocycles. The van der Waals surface area contributed by atoms with E-state index >= 15 is 0 Å². The van der Waals surface area contributed by atoms with Gasteiger partial charge in [0.15, 0.2) is 0 Å². The van der Waals surface area contributed by atoms with Gasteiger partial charge in [0, 0.05) is 12.0 Å². The van der Waals surface area contributed by atoms with Gasteiger partial charge in [-0.2, -0.15) is 0 Å². The zero-order chi connectivity index (χ0) is 14.0. The molecular formula is C15H18O4. The molecule has 0 saturated carbocycles. The number of para-hydroxylation sites is 1. The molecule has 4 heteroatoms. The van der Waals surface area contributed by atoms with Gasteiger partial charge < -0.3 is 9.47 Å². The van der Waals surface area contributed by atoms with Crippen LogP contribution in [0.4, 0.5) is 0 Å². The molecule has 102 valence electrons. The SMILES string of the molecule is CC(=O)CC(=O)OC1CC(C)(C)Oc2ccccc21. The fraction of sp³-hybridized carbons (Fsp3) is 0.467. The van der Waals surface area contributed by atoms with Crippen LogP contribution in [-0.2, 0) is 14.3 Å². The third-order valence-electron chi connectivity index (χ3n) is 3.00. The predicted octanol–water partition coefficient (Wildman–Crippen LogP) is 2.81. The first-order valence-electron chi connectivity index (χ1n) is 6.34. The molecule has 1 aromatic rings. The van der Waals surface area contributed by atoms with Crippen molar-refractivity contribution in [3.63, 3.8) is 0 Å². The molecule has 1 atom stereocenters. The van der Waals surface area contributed by atoms with Crippen LogP contribution in [0.25, 0.3) is 0 Å². The molecule has 0 spiro atoms. The molecule has 0 fully saturated rings. The van der Waals surface area contributed by atoms with E-state index in [0.717, 1.165) is 11.3 Å².